The molecule has 0 radical (unpaired) electrons. The molecule has 24 heavy (non-hydrogen) atoms. The number of amides is 1. The first-order valence-electron chi connectivity index (χ1n) is 7.99. The first kappa shape index (κ1) is 14.7. The van der Waals surface area contributed by atoms with Crippen LogP contribution in [0.2, 0.25) is 0 Å². The van der Waals surface area contributed by atoms with Gasteiger partial charge in [-0.05, 0) is 31.0 Å². The molecule has 2 N–H and O–H groups in total. The molecule has 1 aliphatic heterocycles. The zero-order valence-corrected chi connectivity index (χ0v) is 13.3. The molecule has 0 spiro atoms. The third-order valence-corrected chi connectivity index (χ3v) is 4.47. The van der Waals surface area contributed by atoms with Crippen molar-refractivity contribution in [1.29, 1.82) is 0 Å². The number of carbonyl (C=O) groups is 1. The van der Waals surface area contributed by atoms with Crippen LogP contribution in [0.15, 0.2) is 29.2 Å². The van der Waals surface area contributed by atoms with Crippen molar-refractivity contribution in [3.05, 3.63) is 46.4 Å². The third kappa shape index (κ3) is 2.49. The molecule has 8 heteroatoms. The van der Waals surface area contributed by atoms with Crippen molar-refractivity contribution in [3.8, 4) is 0 Å². The van der Waals surface area contributed by atoms with E-state index in [1.807, 2.05) is 12.1 Å². The first-order chi connectivity index (χ1) is 11.6. The van der Waals surface area contributed by atoms with Gasteiger partial charge in [-0.15, -0.1) is 0 Å². The highest BCUT2D eigenvalue weighted by Gasteiger charge is 2.22. The molecule has 1 atom stereocenters. The maximum atomic E-state index is 12.5. The van der Waals surface area contributed by atoms with Gasteiger partial charge in [-0.1, -0.05) is 0 Å². The fraction of sp³-hybridized carbons (Fsp3) is 0.375. The Kier molecular flexibility index (Phi) is 3.44. The second-order valence-electron chi connectivity index (χ2n) is 6.09. The molecule has 3 aromatic heterocycles. The lowest BCUT2D eigenvalue weighted by Crippen LogP contribution is -2.35. The summed E-state index contributed by atoms with van der Waals surface area (Å²) in [6.45, 7) is 0.571. The van der Waals surface area contributed by atoms with Gasteiger partial charge < -0.3 is 10.3 Å². The summed E-state index contributed by atoms with van der Waals surface area (Å²) >= 11 is 0. The fourth-order valence-corrected chi connectivity index (χ4v) is 3.18. The molecule has 3 aromatic rings. The summed E-state index contributed by atoms with van der Waals surface area (Å²) < 4.78 is 3.06. The Hall–Kier alpha value is -2.90. The summed E-state index contributed by atoms with van der Waals surface area (Å²) in [5, 5.41) is 7.30. The summed E-state index contributed by atoms with van der Waals surface area (Å²) in [5.41, 5.74) is 2.01. The molecule has 1 unspecified atom stereocenters. The number of rotatable bonds is 2. The number of hydrogen-bond donors (Lipinski definition) is 2. The van der Waals surface area contributed by atoms with Gasteiger partial charge in [0, 0.05) is 32.3 Å². The number of aromatic nitrogens is 5. The van der Waals surface area contributed by atoms with Gasteiger partial charge in [0.05, 0.1) is 11.0 Å². The third-order valence-electron chi connectivity index (χ3n) is 4.47. The summed E-state index contributed by atoms with van der Waals surface area (Å²) in [6.07, 6.45) is 3.85. The van der Waals surface area contributed by atoms with E-state index in [-0.39, 0.29) is 17.6 Å². The van der Waals surface area contributed by atoms with Gasteiger partial charge in [0.25, 0.3) is 5.91 Å². The quantitative estimate of drug-likeness (QED) is 0.720. The first-order valence-corrected chi connectivity index (χ1v) is 7.99. The van der Waals surface area contributed by atoms with E-state index in [2.05, 4.69) is 20.4 Å². The minimum Gasteiger partial charge on any atom is -0.349 e. The minimum atomic E-state index is -0.148. The maximum Gasteiger partial charge on any atom is 0.345 e. The largest absolute Gasteiger partial charge is 0.349 e. The smallest absolute Gasteiger partial charge is 0.345 e. The lowest BCUT2D eigenvalue weighted by atomic mass is 10.1. The van der Waals surface area contributed by atoms with Crippen LogP contribution in [0.1, 0.15) is 29.2 Å². The van der Waals surface area contributed by atoms with Crippen LogP contribution in [-0.2, 0) is 20.0 Å². The van der Waals surface area contributed by atoms with Gasteiger partial charge >= 0.3 is 5.69 Å². The Labute approximate surface area is 137 Å². The van der Waals surface area contributed by atoms with Crippen LogP contribution in [0.3, 0.4) is 0 Å². The van der Waals surface area contributed by atoms with Crippen molar-refractivity contribution in [1.82, 2.24) is 29.6 Å². The summed E-state index contributed by atoms with van der Waals surface area (Å²) in [5.74, 6) is 0.638. The molecule has 0 bridgehead atoms. The Morgan fingerprint density at radius 3 is 3.12 bits per heavy atom. The zero-order valence-electron chi connectivity index (χ0n) is 13.3. The van der Waals surface area contributed by atoms with E-state index in [1.165, 1.54) is 4.68 Å². The molecule has 1 amide bonds. The predicted octanol–water partition coefficient (Wildman–Crippen LogP) is 0.593. The van der Waals surface area contributed by atoms with E-state index < -0.39 is 0 Å². The fourth-order valence-electron chi connectivity index (χ4n) is 3.18. The molecule has 4 heterocycles. The number of aryl methyl sites for hydroxylation is 2. The van der Waals surface area contributed by atoms with Gasteiger partial charge in [0.1, 0.15) is 11.5 Å². The van der Waals surface area contributed by atoms with E-state index in [9.17, 15) is 9.59 Å². The van der Waals surface area contributed by atoms with Gasteiger partial charge in [0.2, 0.25) is 0 Å². The van der Waals surface area contributed by atoms with Crippen LogP contribution in [-0.4, -0.2) is 36.3 Å². The Balaban J connectivity index is 1.48. The highest BCUT2D eigenvalue weighted by atomic mass is 16.2. The van der Waals surface area contributed by atoms with Gasteiger partial charge in [-0.3, -0.25) is 14.3 Å². The van der Waals surface area contributed by atoms with E-state index in [0.29, 0.717) is 25.1 Å². The highest BCUT2D eigenvalue weighted by molar-refractivity contribution is 5.97. The van der Waals surface area contributed by atoms with Crippen LogP contribution in [0.25, 0.3) is 11.0 Å². The second kappa shape index (κ2) is 5.63. The summed E-state index contributed by atoms with van der Waals surface area (Å²) in [4.78, 5) is 31.8. The average molecular weight is 326 g/mol. The molecule has 0 saturated heterocycles. The summed E-state index contributed by atoms with van der Waals surface area (Å²) in [6, 6.07) is 5.48. The SMILES string of the molecule is Cn1nc2n(c1=O)CCC(NC(=O)c1cc3ncccc3[nH]1)CC2. The Bertz CT molecular complexity index is 934. The molecule has 1 aliphatic rings. The van der Waals surface area contributed by atoms with Crippen molar-refractivity contribution in [2.45, 2.75) is 31.8 Å². The molecule has 4 rings (SSSR count). The lowest BCUT2D eigenvalue weighted by Gasteiger charge is -2.15. The number of H-pyrrole nitrogens is 1. The van der Waals surface area contributed by atoms with Gasteiger partial charge in [-0.2, -0.15) is 5.10 Å². The van der Waals surface area contributed by atoms with E-state index in [0.717, 1.165) is 23.3 Å². The van der Waals surface area contributed by atoms with Crippen molar-refractivity contribution in [2.24, 2.45) is 7.05 Å². The molecule has 8 nitrogen and oxygen atoms in total. The molecule has 124 valence electrons. The second-order valence-corrected chi connectivity index (χ2v) is 6.09. The van der Waals surface area contributed by atoms with Crippen molar-refractivity contribution in [3.63, 3.8) is 0 Å². The number of nitrogens with zero attached hydrogens (tertiary/aromatic N) is 4. The van der Waals surface area contributed by atoms with Crippen molar-refractivity contribution >= 4 is 16.9 Å². The number of nitrogens with one attached hydrogen (secondary N) is 2. The van der Waals surface area contributed by atoms with Crippen molar-refractivity contribution in [2.75, 3.05) is 0 Å². The Morgan fingerprint density at radius 2 is 2.29 bits per heavy atom. The molecular formula is C16H18N6O2. The van der Waals surface area contributed by atoms with Crippen LogP contribution < -0.4 is 11.0 Å². The number of fused-ring (bicyclic) bond motifs is 2. The maximum absolute atomic E-state index is 12.5. The molecular weight excluding hydrogens is 308 g/mol. The van der Waals surface area contributed by atoms with E-state index in [4.69, 9.17) is 0 Å². The van der Waals surface area contributed by atoms with Crippen molar-refractivity contribution < 1.29 is 4.79 Å². The summed E-state index contributed by atoms with van der Waals surface area (Å²) in [7, 11) is 1.66. The standard InChI is InChI=1S/C16H18N6O2/c1-21-16(24)22-8-6-10(4-5-14(22)20-21)18-15(23)13-9-12-11(19-13)3-2-7-17-12/h2-3,7,9-10,19H,4-6,8H2,1H3,(H,18,23). The van der Waals surface area contributed by atoms with Crippen LogP contribution >= 0.6 is 0 Å². The molecule has 0 aromatic carbocycles. The van der Waals surface area contributed by atoms with Crippen LogP contribution in [0.4, 0.5) is 0 Å². The van der Waals surface area contributed by atoms with Gasteiger partial charge in [0.15, 0.2) is 0 Å². The number of hydrogen-bond acceptors (Lipinski definition) is 4. The predicted molar refractivity (Wildman–Crippen MR) is 87.8 cm³/mol. The number of carbonyl (C=O) groups excluding carboxylic acids is 1. The molecule has 0 fully saturated rings. The van der Waals surface area contributed by atoms with Crippen LogP contribution in [0.5, 0.6) is 0 Å². The topological polar surface area (TPSA) is 97.6 Å². The average Bonchev–Trinajstić information content (AvgIpc) is 3.06. The Morgan fingerprint density at radius 1 is 1.42 bits per heavy atom. The minimum absolute atomic E-state index is 0.0169. The number of aromatic amines is 1. The monoisotopic (exact) mass is 326 g/mol. The normalized spacial score (nSPS) is 17.5. The lowest BCUT2D eigenvalue weighted by molar-refractivity contribution is 0.0928. The van der Waals surface area contributed by atoms with Crippen LogP contribution in [0, 0.1) is 0 Å². The highest BCUT2D eigenvalue weighted by Crippen LogP contribution is 2.15. The van der Waals surface area contributed by atoms with Gasteiger partial charge in [-0.25, -0.2) is 9.48 Å². The molecule has 0 saturated carbocycles. The number of pyridine rings is 1. The zero-order chi connectivity index (χ0) is 16.7. The van der Waals surface area contributed by atoms with E-state index >= 15 is 0 Å². The molecule has 0 aliphatic carbocycles. The van der Waals surface area contributed by atoms with E-state index in [1.54, 1.807) is 23.9 Å².